The molecule has 0 bridgehead atoms. The Balaban J connectivity index is 1.54. The molecule has 5 aromatic carbocycles. The Bertz CT molecular complexity index is 2420. The molecule has 0 aliphatic carbocycles. The third kappa shape index (κ3) is 8.15. The van der Waals surface area contributed by atoms with Crippen molar-refractivity contribution in [1.82, 2.24) is 0 Å². The summed E-state index contributed by atoms with van der Waals surface area (Å²) in [6.07, 6.45) is 4.41. The van der Waals surface area contributed by atoms with E-state index < -0.39 is 7.92 Å². The zero-order chi connectivity index (χ0) is 43.1. The monoisotopic (exact) mass is 824 g/mol. The third-order valence-electron chi connectivity index (χ3n) is 12.9. The summed E-state index contributed by atoms with van der Waals surface area (Å²) in [6.45, 7) is 23.2. The van der Waals surface area contributed by atoms with Crippen LogP contribution in [0.25, 0.3) is 44.5 Å². The van der Waals surface area contributed by atoms with Crippen LogP contribution >= 0.6 is 7.92 Å². The molecular formula is C57H61O3P. The number of aryl methyl sites for hydroxylation is 2. The van der Waals surface area contributed by atoms with E-state index in [1.807, 2.05) is 12.1 Å². The molecule has 0 saturated carbocycles. The number of hydrogen-bond acceptors (Lipinski definition) is 3. The lowest BCUT2D eigenvalue weighted by atomic mass is 9.79. The Kier molecular flexibility index (Phi) is 12.3. The van der Waals surface area contributed by atoms with Gasteiger partial charge in [0, 0.05) is 24.2 Å². The molecule has 2 aromatic heterocycles. The highest BCUT2D eigenvalue weighted by Crippen LogP contribution is 2.68. The van der Waals surface area contributed by atoms with Gasteiger partial charge in [0.05, 0.1) is 12.5 Å². The summed E-state index contributed by atoms with van der Waals surface area (Å²) in [4.78, 5) is 14.1. The van der Waals surface area contributed by atoms with Gasteiger partial charge in [-0.2, -0.15) is 0 Å². The summed E-state index contributed by atoms with van der Waals surface area (Å²) >= 11 is 0. The van der Waals surface area contributed by atoms with Gasteiger partial charge in [0.25, 0.3) is 0 Å². The van der Waals surface area contributed by atoms with Crippen LogP contribution in [0.1, 0.15) is 148 Å². The van der Waals surface area contributed by atoms with E-state index in [4.69, 9.17) is 8.83 Å². The quantitative estimate of drug-likeness (QED) is 0.122. The van der Waals surface area contributed by atoms with Gasteiger partial charge >= 0.3 is 0 Å². The maximum absolute atomic E-state index is 14.1. The number of furan rings is 2. The van der Waals surface area contributed by atoms with Crippen molar-refractivity contribution in [2.45, 2.75) is 117 Å². The van der Waals surface area contributed by atoms with Crippen molar-refractivity contribution in [2.75, 3.05) is 0 Å². The van der Waals surface area contributed by atoms with E-state index in [0.29, 0.717) is 12.8 Å². The van der Waals surface area contributed by atoms with Crippen LogP contribution in [0.15, 0.2) is 137 Å². The molecule has 0 radical (unpaired) electrons. The molecular weight excluding hydrogens is 764 g/mol. The zero-order valence-corrected chi connectivity index (χ0v) is 38.6. The molecule has 0 spiro atoms. The van der Waals surface area contributed by atoms with Crippen LogP contribution in [0.5, 0.6) is 0 Å². The number of hydrogen-bond donors (Lipinski definition) is 0. The van der Waals surface area contributed by atoms with E-state index in [0.717, 1.165) is 11.5 Å². The second-order valence-electron chi connectivity index (χ2n) is 18.4. The first-order valence-electron chi connectivity index (χ1n) is 22.3. The summed E-state index contributed by atoms with van der Waals surface area (Å²) in [7, 11) is -1.16. The number of benzene rings is 5. The molecule has 8 rings (SSSR count). The molecule has 312 valence electrons. The minimum absolute atomic E-state index is 0.131. The molecule has 1 aliphatic heterocycles. The van der Waals surface area contributed by atoms with Gasteiger partial charge in [-0.15, -0.1) is 0 Å². The van der Waals surface area contributed by atoms with Crippen LogP contribution in [0, 0.1) is 13.8 Å². The minimum Gasteiger partial charge on any atom is -0.469 e. The van der Waals surface area contributed by atoms with Crippen LogP contribution in [0.4, 0.5) is 0 Å². The highest BCUT2D eigenvalue weighted by atomic mass is 31.1. The number of rotatable bonds is 11. The first-order chi connectivity index (χ1) is 29.3. The van der Waals surface area contributed by atoms with Gasteiger partial charge < -0.3 is 8.83 Å². The average molecular weight is 825 g/mol. The Labute approximate surface area is 365 Å². The molecule has 2 atom stereocenters. The number of ketones is 1. The largest absolute Gasteiger partial charge is 0.469 e. The molecule has 61 heavy (non-hydrogen) atoms. The number of carbonyl (C=O) groups is 1. The van der Waals surface area contributed by atoms with Crippen molar-refractivity contribution in [3.8, 4) is 44.5 Å². The molecule has 0 N–H and O–H groups in total. The van der Waals surface area contributed by atoms with Gasteiger partial charge in [-0.05, 0) is 145 Å². The highest BCUT2D eigenvalue weighted by Gasteiger charge is 2.44. The van der Waals surface area contributed by atoms with Crippen molar-refractivity contribution < 1.29 is 13.6 Å². The third-order valence-corrected chi connectivity index (χ3v) is 16.1. The SMILES string of the molecule is Cc1ccccc1-c1cc(C(C)C)c(-c2cccc(-c3c(C(C)C)cc(-c4ccccc4C)cc3C(C)C)c2P2C(c3ccco3)CC(=O)CC2c2ccco2)c(C(C)C)c1. The topological polar surface area (TPSA) is 43.4 Å². The van der Waals surface area contributed by atoms with Crippen molar-refractivity contribution in [3.05, 3.63) is 173 Å². The molecule has 7 aromatic rings. The Morgan fingerprint density at radius 3 is 1.16 bits per heavy atom. The van der Waals surface area contributed by atoms with Crippen molar-refractivity contribution in [3.63, 3.8) is 0 Å². The Morgan fingerprint density at radius 1 is 0.475 bits per heavy atom. The van der Waals surface area contributed by atoms with Gasteiger partial charge in [-0.1, -0.05) is 154 Å². The van der Waals surface area contributed by atoms with Gasteiger partial charge in [-0.25, -0.2) is 0 Å². The fourth-order valence-corrected chi connectivity index (χ4v) is 13.5. The molecule has 4 heteroatoms. The Morgan fingerprint density at radius 2 is 0.836 bits per heavy atom. The van der Waals surface area contributed by atoms with Crippen molar-refractivity contribution >= 4 is 19.0 Å². The predicted octanol–water partition coefficient (Wildman–Crippen LogP) is 16.6. The van der Waals surface area contributed by atoms with Gasteiger partial charge in [0.15, 0.2) is 0 Å². The molecule has 1 fully saturated rings. The van der Waals surface area contributed by atoms with Crippen molar-refractivity contribution in [2.24, 2.45) is 0 Å². The highest BCUT2D eigenvalue weighted by molar-refractivity contribution is 7.67. The number of Topliss-reactive ketones (excluding diaryl/α,β-unsaturated/α-hetero) is 1. The summed E-state index contributed by atoms with van der Waals surface area (Å²) in [5.74, 6) is 3.01. The van der Waals surface area contributed by atoms with Crippen LogP contribution in [0.3, 0.4) is 0 Å². The molecule has 2 unspecified atom stereocenters. The van der Waals surface area contributed by atoms with Crippen LogP contribution in [-0.4, -0.2) is 5.78 Å². The van der Waals surface area contributed by atoms with E-state index in [-0.39, 0.29) is 40.8 Å². The molecule has 1 aliphatic rings. The maximum Gasteiger partial charge on any atom is 0.135 e. The zero-order valence-electron chi connectivity index (χ0n) is 37.7. The van der Waals surface area contributed by atoms with E-state index in [2.05, 4.69) is 172 Å². The van der Waals surface area contributed by atoms with Gasteiger partial charge in [0.2, 0.25) is 0 Å². The van der Waals surface area contributed by atoms with E-state index in [9.17, 15) is 4.79 Å². The maximum atomic E-state index is 14.1. The van der Waals surface area contributed by atoms with Gasteiger partial charge in [-0.3, -0.25) is 4.79 Å². The molecule has 3 nitrogen and oxygen atoms in total. The molecule has 0 amide bonds. The van der Waals surface area contributed by atoms with Crippen LogP contribution in [-0.2, 0) is 4.79 Å². The molecule has 1 saturated heterocycles. The standard InChI is InChI=1S/C57H61O3P/c1-34(2)47-28-40(43-20-13-11-18-38(43)9)29-48(35(3)4)55(47)45-22-15-23-46(56-49(36(5)6)30-41(31-50(56)37(7)8)44-21-14-12-19-39(44)10)57(45)61-53(51-24-16-26-59-51)32-42(58)33-54(61)52-25-17-27-60-52/h11-31,34-37,53-54H,32-33H2,1-10H3. The lowest BCUT2D eigenvalue weighted by molar-refractivity contribution is -0.119. The van der Waals surface area contributed by atoms with Crippen LogP contribution < -0.4 is 5.30 Å². The summed E-state index contributed by atoms with van der Waals surface area (Å²) in [5.41, 5.74) is 17.9. The first kappa shape index (κ1) is 42.5. The lowest BCUT2D eigenvalue weighted by Crippen LogP contribution is -2.26. The van der Waals surface area contributed by atoms with Crippen LogP contribution in [0.2, 0.25) is 0 Å². The average Bonchev–Trinajstić information content (AvgIpc) is 3.99. The lowest BCUT2D eigenvalue weighted by Gasteiger charge is -2.40. The Hall–Kier alpha value is -5.24. The molecule has 3 heterocycles. The fraction of sp³-hybridized carbons (Fsp3) is 0.316. The second-order valence-corrected chi connectivity index (χ2v) is 20.9. The van der Waals surface area contributed by atoms with E-state index in [1.54, 1.807) is 12.5 Å². The van der Waals surface area contributed by atoms with Crippen molar-refractivity contribution in [1.29, 1.82) is 0 Å². The smallest absolute Gasteiger partial charge is 0.135 e. The summed E-state index contributed by atoms with van der Waals surface area (Å²) < 4.78 is 12.7. The number of carbonyl (C=O) groups excluding carboxylic acids is 1. The normalized spacial score (nSPS) is 17.0. The minimum atomic E-state index is -1.16. The second kappa shape index (κ2) is 17.6. The first-order valence-corrected chi connectivity index (χ1v) is 23.8. The predicted molar refractivity (Wildman–Crippen MR) is 258 cm³/mol. The van der Waals surface area contributed by atoms with E-state index in [1.165, 1.54) is 83.2 Å². The summed E-state index contributed by atoms with van der Waals surface area (Å²) in [5, 5.41) is 1.34. The van der Waals surface area contributed by atoms with Gasteiger partial charge in [0.1, 0.15) is 17.3 Å². The fourth-order valence-electron chi connectivity index (χ4n) is 9.83. The van der Waals surface area contributed by atoms with E-state index >= 15 is 0 Å². The summed E-state index contributed by atoms with van der Waals surface area (Å²) in [6, 6.07) is 42.6.